The highest BCUT2D eigenvalue weighted by Crippen LogP contribution is 2.34. The lowest BCUT2D eigenvalue weighted by Crippen LogP contribution is -2.45. The molecule has 4 nitrogen and oxygen atoms in total. The van der Waals surface area contributed by atoms with Gasteiger partial charge in [0.25, 0.3) is 0 Å². The topological polar surface area (TPSA) is 49.6 Å². The van der Waals surface area contributed by atoms with Gasteiger partial charge in [-0.2, -0.15) is 0 Å². The van der Waals surface area contributed by atoms with E-state index in [1.54, 1.807) is 4.90 Å². The molecule has 104 valence electrons. The van der Waals surface area contributed by atoms with Crippen molar-refractivity contribution in [2.75, 3.05) is 33.7 Å². The largest absolute Gasteiger partial charge is 0.349 e. The first-order valence-corrected chi connectivity index (χ1v) is 7.24. The van der Waals surface area contributed by atoms with Crippen molar-refractivity contribution in [2.45, 2.75) is 38.1 Å². The molecule has 0 aliphatic heterocycles. The van der Waals surface area contributed by atoms with Gasteiger partial charge in [0.2, 0.25) is 5.91 Å². The summed E-state index contributed by atoms with van der Waals surface area (Å²) < 4.78 is 0. The van der Waals surface area contributed by atoms with Gasteiger partial charge in [-0.3, -0.25) is 9.69 Å². The maximum Gasteiger partial charge on any atom is 0.223 e. The van der Waals surface area contributed by atoms with E-state index in [9.17, 15) is 4.79 Å². The molecule has 2 fully saturated rings. The minimum Gasteiger partial charge on any atom is -0.349 e. The average Bonchev–Trinajstić information content (AvgIpc) is 3.19. The van der Waals surface area contributed by atoms with Crippen LogP contribution in [0.25, 0.3) is 0 Å². The van der Waals surface area contributed by atoms with Crippen LogP contribution in [0.4, 0.5) is 0 Å². The summed E-state index contributed by atoms with van der Waals surface area (Å²) in [6, 6.07) is 0.237. The maximum absolute atomic E-state index is 11.9. The third kappa shape index (κ3) is 4.25. The second-order valence-electron chi connectivity index (χ2n) is 6.22. The summed E-state index contributed by atoms with van der Waals surface area (Å²) in [7, 11) is 3.64. The summed E-state index contributed by atoms with van der Waals surface area (Å²) in [5.41, 5.74) is 5.90. The van der Waals surface area contributed by atoms with E-state index in [1.807, 2.05) is 14.1 Å². The third-order valence-corrected chi connectivity index (χ3v) is 4.08. The molecule has 2 N–H and O–H groups in total. The second-order valence-corrected chi connectivity index (χ2v) is 6.22. The molecular formula is C14H27N3O. The average molecular weight is 253 g/mol. The molecule has 2 saturated carbocycles. The molecule has 0 radical (unpaired) electrons. The molecule has 1 atom stereocenters. The molecular weight excluding hydrogens is 226 g/mol. The summed E-state index contributed by atoms with van der Waals surface area (Å²) >= 11 is 0. The molecule has 0 bridgehead atoms. The van der Waals surface area contributed by atoms with Crippen molar-refractivity contribution in [3.8, 4) is 0 Å². The van der Waals surface area contributed by atoms with Gasteiger partial charge in [0.05, 0.1) is 0 Å². The van der Waals surface area contributed by atoms with Crippen LogP contribution < -0.4 is 5.73 Å². The van der Waals surface area contributed by atoms with E-state index >= 15 is 0 Å². The van der Waals surface area contributed by atoms with E-state index < -0.39 is 0 Å². The van der Waals surface area contributed by atoms with Crippen LogP contribution in [0.2, 0.25) is 0 Å². The highest BCUT2D eigenvalue weighted by molar-refractivity contribution is 5.76. The summed E-state index contributed by atoms with van der Waals surface area (Å²) in [6.45, 7) is 2.90. The molecule has 0 heterocycles. The van der Waals surface area contributed by atoms with Gasteiger partial charge in [-0.25, -0.2) is 0 Å². The van der Waals surface area contributed by atoms with Crippen LogP contribution in [-0.4, -0.2) is 55.5 Å². The molecule has 0 aromatic heterocycles. The fourth-order valence-electron chi connectivity index (χ4n) is 2.38. The zero-order valence-electron chi connectivity index (χ0n) is 11.8. The second kappa shape index (κ2) is 6.02. The summed E-state index contributed by atoms with van der Waals surface area (Å²) in [5.74, 6) is 1.93. The molecule has 2 aliphatic rings. The number of amides is 1. The van der Waals surface area contributed by atoms with Gasteiger partial charge in [-0.15, -0.1) is 0 Å². The van der Waals surface area contributed by atoms with Crippen molar-refractivity contribution < 1.29 is 4.79 Å². The van der Waals surface area contributed by atoms with E-state index in [0.29, 0.717) is 13.0 Å². The molecule has 0 aromatic carbocycles. The molecule has 0 aromatic rings. The standard InChI is InChI=1S/C14H27N3O/c1-16(2)14(18)7-13(8-15)17(9-11-3-4-11)10-12-5-6-12/h11-13H,3-10,15H2,1-2H3. The van der Waals surface area contributed by atoms with Gasteiger partial charge in [0.1, 0.15) is 0 Å². The highest BCUT2D eigenvalue weighted by Gasteiger charge is 2.32. The van der Waals surface area contributed by atoms with Gasteiger partial charge in [0, 0.05) is 46.2 Å². The number of carbonyl (C=O) groups is 1. The molecule has 2 aliphatic carbocycles. The number of carbonyl (C=O) groups excluding carboxylic acids is 1. The fourth-order valence-corrected chi connectivity index (χ4v) is 2.38. The van der Waals surface area contributed by atoms with Gasteiger partial charge in [-0.1, -0.05) is 0 Å². The van der Waals surface area contributed by atoms with Crippen LogP contribution in [0.15, 0.2) is 0 Å². The van der Waals surface area contributed by atoms with Crippen molar-refractivity contribution in [1.29, 1.82) is 0 Å². The van der Waals surface area contributed by atoms with E-state index in [0.717, 1.165) is 24.9 Å². The minimum atomic E-state index is 0.196. The smallest absolute Gasteiger partial charge is 0.223 e. The number of rotatable bonds is 8. The van der Waals surface area contributed by atoms with Gasteiger partial charge >= 0.3 is 0 Å². The Hall–Kier alpha value is -0.610. The lowest BCUT2D eigenvalue weighted by Gasteiger charge is -2.31. The number of nitrogens with zero attached hydrogens (tertiary/aromatic N) is 2. The first kappa shape index (κ1) is 13.8. The van der Waals surface area contributed by atoms with Crippen molar-refractivity contribution >= 4 is 5.91 Å². The molecule has 1 amide bonds. The molecule has 4 heteroatoms. The van der Waals surface area contributed by atoms with Gasteiger partial charge in [-0.05, 0) is 37.5 Å². The quantitative estimate of drug-likeness (QED) is 0.699. The van der Waals surface area contributed by atoms with E-state index in [2.05, 4.69) is 4.90 Å². The predicted octanol–water partition coefficient (Wildman–Crippen LogP) is 0.914. The first-order chi connectivity index (χ1) is 8.60. The monoisotopic (exact) mass is 253 g/mol. The normalized spacial score (nSPS) is 21.1. The maximum atomic E-state index is 11.9. The van der Waals surface area contributed by atoms with E-state index in [-0.39, 0.29) is 11.9 Å². The zero-order valence-corrected chi connectivity index (χ0v) is 11.8. The number of nitrogens with two attached hydrogens (primary N) is 1. The van der Waals surface area contributed by atoms with Crippen molar-refractivity contribution in [3.63, 3.8) is 0 Å². The Morgan fingerprint density at radius 1 is 1.17 bits per heavy atom. The Labute approximate surface area is 110 Å². The van der Waals surface area contributed by atoms with Crippen molar-refractivity contribution in [1.82, 2.24) is 9.80 Å². The molecule has 1 unspecified atom stereocenters. The van der Waals surface area contributed by atoms with Crippen LogP contribution in [0.3, 0.4) is 0 Å². The Morgan fingerprint density at radius 2 is 1.67 bits per heavy atom. The van der Waals surface area contributed by atoms with Crippen molar-refractivity contribution in [3.05, 3.63) is 0 Å². The Bertz CT molecular complexity index is 271. The minimum absolute atomic E-state index is 0.196. The van der Waals surface area contributed by atoms with Gasteiger partial charge < -0.3 is 10.6 Å². The first-order valence-electron chi connectivity index (χ1n) is 7.24. The third-order valence-electron chi connectivity index (χ3n) is 4.08. The van der Waals surface area contributed by atoms with Crippen molar-refractivity contribution in [2.24, 2.45) is 17.6 Å². The van der Waals surface area contributed by atoms with Crippen LogP contribution >= 0.6 is 0 Å². The van der Waals surface area contributed by atoms with Crippen LogP contribution in [0, 0.1) is 11.8 Å². The van der Waals surface area contributed by atoms with E-state index in [4.69, 9.17) is 5.73 Å². The Balaban J connectivity index is 1.88. The molecule has 0 saturated heterocycles. The molecule has 18 heavy (non-hydrogen) atoms. The summed E-state index contributed by atoms with van der Waals surface area (Å²) in [4.78, 5) is 16.0. The number of hydrogen-bond donors (Lipinski definition) is 1. The summed E-state index contributed by atoms with van der Waals surface area (Å²) in [5, 5.41) is 0. The Morgan fingerprint density at radius 3 is 2.00 bits per heavy atom. The lowest BCUT2D eigenvalue weighted by atomic mass is 10.1. The number of hydrogen-bond acceptors (Lipinski definition) is 3. The van der Waals surface area contributed by atoms with Crippen LogP contribution in [0.5, 0.6) is 0 Å². The SMILES string of the molecule is CN(C)C(=O)CC(CN)N(CC1CC1)CC1CC1. The lowest BCUT2D eigenvalue weighted by molar-refractivity contribution is -0.130. The summed E-state index contributed by atoms with van der Waals surface area (Å²) in [6.07, 6.45) is 6.02. The van der Waals surface area contributed by atoms with Crippen LogP contribution in [-0.2, 0) is 4.79 Å². The molecule has 0 spiro atoms. The highest BCUT2D eigenvalue weighted by atomic mass is 16.2. The Kier molecular flexibility index (Phi) is 4.62. The zero-order chi connectivity index (χ0) is 13.1. The fraction of sp³-hybridized carbons (Fsp3) is 0.929. The molecule has 2 rings (SSSR count). The van der Waals surface area contributed by atoms with E-state index in [1.165, 1.54) is 25.7 Å². The predicted molar refractivity (Wildman–Crippen MR) is 73.2 cm³/mol. The van der Waals surface area contributed by atoms with Gasteiger partial charge in [0.15, 0.2) is 0 Å². The van der Waals surface area contributed by atoms with Crippen LogP contribution in [0.1, 0.15) is 32.1 Å².